The third-order valence-electron chi connectivity index (χ3n) is 3.30. The van der Waals surface area contributed by atoms with Crippen LogP contribution in [0.1, 0.15) is 13.3 Å². The number of nitrogens with two attached hydrogens (primary N) is 1. The van der Waals surface area contributed by atoms with Gasteiger partial charge in [0.25, 0.3) is 0 Å². The molecule has 1 aromatic carbocycles. The quantitative estimate of drug-likeness (QED) is 0.791. The number of benzene rings is 1. The average molecular weight is 264 g/mol. The van der Waals surface area contributed by atoms with Crippen LogP contribution in [0.25, 0.3) is 0 Å². The Morgan fingerprint density at radius 2 is 2.11 bits per heavy atom. The summed E-state index contributed by atoms with van der Waals surface area (Å²) < 4.78 is 11.4. The van der Waals surface area contributed by atoms with Crippen molar-refractivity contribution in [3.63, 3.8) is 0 Å². The Balaban J connectivity index is 1.65. The summed E-state index contributed by atoms with van der Waals surface area (Å²) >= 11 is 0. The summed E-state index contributed by atoms with van der Waals surface area (Å²) in [5.74, 6) is 0.942. The first-order chi connectivity index (χ1) is 9.28. The van der Waals surface area contributed by atoms with Crippen molar-refractivity contribution in [2.75, 3.05) is 32.8 Å². The number of ether oxygens (including phenoxy) is 2. The van der Waals surface area contributed by atoms with E-state index in [1.807, 2.05) is 30.3 Å². The van der Waals surface area contributed by atoms with Gasteiger partial charge < -0.3 is 15.2 Å². The molecule has 1 fully saturated rings. The highest BCUT2D eigenvalue weighted by molar-refractivity contribution is 5.20. The fourth-order valence-corrected chi connectivity index (χ4v) is 2.45. The normalized spacial score (nSPS) is 24.3. The van der Waals surface area contributed by atoms with Crippen molar-refractivity contribution in [2.24, 2.45) is 5.73 Å². The minimum atomic E-state index is 0.179. The lowest BCUT2D eigenvalue weighted by Crippen LogP contribution is -2.49. The van der Waals surface area contributed by atoms with Crippen LogP contribution in [0.15, 0.2) is 30.3 Å². The fourth-order valence-electron chi connectivity index (χ4n) is 2.45. The zero-order valence-corrected chi connectivity index (χ0v) is 11.6. The molecule has 2 unspecified atom stereocenters. The zero-order chi connectivity index (χ0) is 13.5. The SMILES string of the molecule is CC1CN(CCCOc2ccccc2)CC(CN)O1. The largest absolute Gasteiger partial charge is 0.494 e. The van der Waals surface area contributed by atoms with Crippen LogP contribution in [-0.2, 0) is 4.74 Å². The lowest BCUT2D eigenvalue weighted by molar-refractivity contribution is -0.0726. The Labute approximate surface area is 115 Å². The van der Waals surface area contributed by atoms with Crippen LogP contribution in [0.4, 0.5) is 0 Å². The molecule has 0 saturated carbocycles. The Morgan fingerprint density at radius 3 is 2.84 bits per heavy atom. The molecule has 0 amide bonds. The highest BCUT2D eigenvalue weighted by Crippen LogP contribution is 2.12. The van der Waals surface area contributed by atoms with E-state index in [2.05, 4.69) is 11.8 Å². The lowest BCUT2D eigenvalue weighted by Gasteiger charge is -2.36. The van der Waals surface area contributed by atoms with Gasteiger partial charge in [-0.15, -0.1) is 0 Å². The van der Waals surface area contributed by atoms with Gasteiger partial charge in [-0.25, -0.2) is 0 Å². The highest BCUT2D eigenvalue weighted by Gasteiger charge is 2.23. The number of nitrogens with zero attached hydrogens (tertiary/aromatic N) is 1. The van der Waals surface area contributed by atoms with E-state index in [0.29, 0.717) is 6.54 Å². The molecule has 0 spiro atoms. The number of hydrogen-bond acceptors (Lipinski definition) is 4. The van der Waals surface area contributed by atoms with Crippen LogP contribution in [0.2, 0.25) is 0 Å². The third-order valence-corrected chi connectivity index (χ3v) is 3.30. The van der Waals surface area contributed by atoms with Gasteiger partial charge in [0.15, 0.2) is 0 Å². The van der Waals surface area contributed by atoms with Crippen LogP contribution in [0, 0.1) is 0 Å². The summed E-state index contributed by atoms with van der Waals surface area (Å²) in [5.41, 5.74) is 5.68. The molecule has 1 aliphatic rings. The second-order valence-electron chi connectivity index (χ2n) is 5.08. The second-order valence-corrected chi connectivity index (χ2v) is 5.08. The van der Waals surface area contributed by atoms with Gasteiger partial charge in [-0.05, 0) is 25.5 Å². The summed E-state index contributed by atoms with van der Waals surface area (Å²) in [4.78, 5) is 2.42. The predicted molar refractivity (Wildman–Crippen MR) is 76.4 cm³/mol. The summed E-state index contributed by atoms with van der Waals surface area (Å²) in [6, 6.07) is 9.95. The minimum Gasteiger partial charge on any atom is -0.494 e. The first kappa shape index (κ1) is 14.3. The Morgan fingerprint density at radius 1 is 1.32 bits per heavy atom. The van der Waals surface area contributed by atoms with Crippen LogP contribution < -0.4 is 10.5 Å². The predicted octanol–water partition coefficient (Wildman–Crippen LogP) is 1.50. The maximum atomic E-state index is 5.74. The molecule has 1 aliphatic heterocycles. The molecule has 2 N–H and O–H groups in total. The first-order valence-electron chi connectivity index (χ1n) is 7.03. The van der Waals surface area contributed by atoms with Gasteiger partial charge in [0, 0.05) is 26.2 Å². The van der Waals surface area contributed by atoms with E-state index in [4.69, 9.17) is 15.2 Å². The molecular formula is C15H24N2O2. The zero-order valence-electron chi connectivity index (χ0n) is 11.6. The second kappa shape index (κ2) is 7.48. The molecule has 0 aromatic heterocycles. The summed E-state index contributed by atoms with van der Waals surface area (Å²) in [7, 11) is 0. The van der Waals surface area contributed by atoms with E-state index in [-0.39, 0.29) is 12.2 Å². The number of rotatable bonds is 6. The van der Waals surface area contributed by atoms with E-state index in [9.17, 15) is 0 Å². The molecule has 2 atom stereocenters. The highest BCUT2D eigenvalue weighted by atomic mass is 16.5. The van der Waals surface area contributed by atoms with Gasteiger partial charge in [-0.2, -0.15) is 0 Å². The van der Waals surface area contributed by atoms with E-state index in [1.54, 1.807) is 0 Å². The van der Waals surface area contributed by atoms with Crippen molar-refractivity contribution in [1.29, 1.82) is 0 Å². The molecule has 4 heteroatoms. The molecule has 1 aromatic rings. The topological polar surface area (TPSA) is 47.7 Å². The van der Waals surface area contributed by atoms with Crippen LogP contribution >= 0.6 is 0 Å². The fraction of sp³-hybridized carbons (Fsp3) is 0.600. The molecule has 19 heavy (non-hydrogen) atoms. The summed E-state index contributed by atoms with van der Waals surface area (Å²) in [6.45, 7) is 6.42. The van der Waals surface area contributed by atoms with Gasteiger partial charge in [0.2, 0.25) is 0 Å². The lowest BCUT2D eigenvalue weighted by atomic mass is 10.2. The van der Waals surface area contributed by atoms with E-state index < -0.39 is 0 Å². The first-order valence-corrected chi connectivity index (χ1v) is 7.03. The van der Waals surface area contributed by atoms with Gasteiger partial charge in [0.05, 0.1) is 18.8 Å². The number of morpholine rings is 1. The standard InChI is InChI=1S/C15H24N2O2/c1-13-11-17(12-15(10-16)19-13)8-5-9-18-14-6-3-2-4-7-14/h2-4,6-7,13,15H,5,8-12,16H2,1H3. The molecular weight excluding hydrogens is 240 g/mol. The van der Waals surface area contributed by atoms with Crippen molar-refractivity contribution in [2.45, 2.75) is 25.6 Å². The van der Waals surface area contributed by atoms with Gasteiger partial charge >= 0.3 is 0 Å². The van der Waals surface area contributed by atoms with Crippen LogP contribution in [0.5, 0.6) is 5.75 Å². The molecule has 0 aliphatic carbocycles. The third kappa shape index (κ3) is 4.82. The molecule has 106 valence electrons. The van der Waals surface area contributed by atoms with E-state index >= 15 is 0 Å². The van der Waals surface area contributed by atoms with Crippen molar-refractivity contribution in [3.8, 4) is 5.75 Å². The maximum Gasteiger partial charge on any atom is 0.119 e. The Kier molecular flexibility index (Phi) is 5.63. The van der Waals surface area contributed by atoms with E-state index in [1.165, 1.54) is 0 Å². The van der Waals surface area contributed by atoms with Crippen molar-refractivity contribution in [1.82, 2.24) is 4.90 Å². The van der Waals surface area contributed by atoms with E-state index in [0.717, 1.165) is 38.4 Å². The Bertz CT molecular complexity index is 358. The van der Waals surface area contributed by atoms with Gasteiger partial charge in [0.1, 0.15) is 5.75 Å². The van der Waals surface area contributed by atoms with Crippen LogP contribution in [0.3, 0.4) is 0 Å². The molecule has 4 nitrogen and oxygen atoms in total. The molecule has 0 radical (unpaired) electrons. The van der Waals surface area contributed by atoms with Crippen molar-refractivity contribution < 1.29 is 9.47 Å². The smallest absolute Gasteiger partial charge is 0.119 e. The van der Waals surface area contributed by atoms with Crippen molar-refractivity contribution >= 4 is 0 Å². The number of para-hydroxylation sites is 1. The molecule has 2 rings (SSSR count). The monoisotopic (exact) mass is 264 g/mol. The molecule has 1 heterocycles. The van der Waals surface area contributed by atoms with Gasteiger partial charge in [-0.3, -0.25) is 4.90 Å². The summed E-state index contributed by atoms with van der Waals surface area (Å²) in [5, 5.41) is 0. The van der Waals surface area contributed by atoms with Crippen molar-refractivity contribution in [3.05, 3.63) is 30.3 Å². The Hall–Kier alpha value is -1.10. The maximum absolute atomic E-state index is 5.74. The molecule has 1 saturated heterocycles. The summed E-state index contributed by atoms with van der Waals surface area (Å²) in [6.07, 6.45) is 1.48. The minimum absolute atomic E-state index is 0.179. The molecule has 0 bridgehead atoms. The average Bonchev–Trinajstić information content (AvgIpc) is 2.44. The van der Waals surface area contributed by atoms with Gasteiger partial charge in [-0.1, -0.05) is 18.2 Å². The number of hydrogen-bond donors (Lipinski definition) is 1. The van der Waals surface area contributed by atoms with Crippen LogP contribution in [-0.4, -0.2) is 49.9 Å².